The molecule has 0 spiro atoms. The van der Waals surface area contributed by atoms with Crippen molar-refractivity contribution < 1.29 is 19.0 Å². The van der Waals surface area contributed by atoms with Crippen LogP contribution in [0.2, 0.25) is 5.02 Å². The molecule has 1 unspecified atom stereocenters. The highest BCUT2D eigenvalue weighted by atomic mass is 35.5. The average Bonchev–Trinajstić information content (AvgIpc) is 2.48. The number of carbonyl (C=O) groups excluding carboxylic acids is 1. The first-order valence-corrected chi connectivity index (χ1v) is 7.69. The van der Waals surface area contributed by atoms with Crippen molar-refractivity contribution in [2.24, 2.45) is 0 Å². The van der Waals surface area contributed by atoms with Crippen molar-refractivity contribution >= 4 is 17.7 Å². The molecule has 0 heterocycles. The smallest absolute Gasteiger partial charge is 0.407 e. The van der Waals surface area contributed by atoms with Gasteiger partial charge in [0.1, 0.15) is 19.0 Å². The van der Waals surface area contributed by atoms with Crippen molar-refractivity contribution in [1.29, 1.82) is 0 Å². The standard InChI is InChI=1S/C16H24ClNO4/c1-5-11(2)18-16(19)22-12(3)15(21-10-20-4)13-8-6-7-9-14(13)17/h6-9,11-12,15H,5,10H2,1-4H3,(H,18,19)/t11?,12-,15+/m1/s1. The summed E-state index contributed by atoms with van der Waals surface area (Å²) >= 11 is 6.21. The fraction of sp³-hybridized carbons (Fsp3) is 0.562. The second-order valence-electron chi connectivity index (χ2n) is 5.08. The van der Waals surface area contributed by atoms with E-state index in [0.29, 0.717) is 5.02 Å². The van der Waals surface area contributed by atoms with Gasteiger partial charge < -0.3 is 19.5 Å². The van der Waals surface area contributed by atoms with Crippen LogP contribution in [0.1, 0.15) is 38.9 Å². The van der Waals surface area contributed by atoms with Crippen molar-refractivity contribution in [2.75, 3.05) is 13.9 Å². The summed E-state index contributed by atoms with van der Waals surface area (Å²) in [6.45, 7) is 5.75. The summed E-state index contributed by atoms with van der Waals surface area (Å²) in [7, 11) is 1.53. The number of ether oxygens (including phenoxy) is 3. The van der Waals surface area contributed by atoms with Gasteiger partial charge in [0.15, 0.2) is 0 Å². The maximum Gasteiger partial charge on any atom is 0.407 e. The zero-order valence-corrected chi connectivity index (χ0v) is 14.2. The Morgan fingerprint density at radius 3 is 2.59 bits per heavy atom. The van der Waals surface area contributed by atoms with E-state index in [1.807, 2.05) is 32.0 Å². The maximum absolute atomic E-state index is 11.9. The SMILES string of the molecule is CCC(C)NC(=O)O[C@H](C)[C@H](OCOC)c1ccccc1Cl. The van der Waals surface area contributed by atoms with Crippen LogP contribution >= 0.6 is 11.6 Å². The minimum Gasteiger partial charge on any atom is -0.443 e. The van der Waals surface area contributed by atoms with Crippen LogP contribution in [0.4, 0.5) is 4.79 Å². The van der Waals surface area contributed by atoms with E-state index in [-0.39, 0.29) is 12.8 Å². The Labute approximate surface area is 136 Å². The van der Waals surface area contributed by atoms with Crippen molar-refractivity contribution in [3.05, 3.63) is 34.9 Å². The van der Waals surface area contributed by atoms with Crippen molar-refractivity contribution in [3.63, 3.8) is 0 Å². The summed E-state index contributed by atoms with van der Waals surface area (Å²) in [5.41, 5.74) is 0.755. The summed E-state index contributed by atoms with van der Waals surface area (Å²) in [4.78, 5) is 11.9. The molecule has 124 valence electrons. The van der Waals surface area contributed by atoms with Gasteiger partial charge in [-0.2, -0.15) is 0 Å². The van der Waals surface area contributed by atoms with Gasteiger partial charge in [-0.25, -0.2) is 4.79 Å². The molecule has 1 aromatic rings. The lowest BCUT2D eigenvalue weighted by atomic mass is 10.1. The molecule has 1 rings (SSSR count). The van der Waals surface area contributed by atoms with E-state index in [4.69, 9.17) is 25.8 Å². The molecule has 0 aliphatic rings. The fourth-order valence-electron chi connectivity index (χ4n) is 1.89. The van der Waals surface area contributed by atoms with Gasteiger partial charge in [0.25, 0.3) is 0 Å². The number of alkyl carbamates (subject to hydrolysis) is 1. The molecular weight excluding hydrogens is 306 g/mol. The van der Waals surface area contributed by atoms with Gasteiger partial charge >= 0.3 is 6.09 Å². The van der Waals surface area contributed by atoms with Crippen LogP contribution in [0.5, 0.6) is 0 Å². The van der Waals surface area contributed by atoms with E-state index in [1.165, 1.54) is 7.11 Å². The Hall–Kier alpha value is -1.30. The molecule has 0 radical (unpaired) electrons. The van der Waals surface area contributed by atoms with Crippen LogP contribution in [0.3, 0.4) is 0 Å². The third kappa shape index (κ3) is 5.83. The highest BCUT2D eigenvalue weighted by molar-refractivity contribution is 6.31. The Morgan fingerprint density at radius 2 is 2.00 bits per heavy atom. The molecule has 0 aromatic heterocycles. The molecule has 1 N–H and O–H groups in total. The molecule has 0 fully saturated rings. The Balaban J connectivity index is 2.79. The Bertz CT molecular complexity index is 469. The van der Waals surface area contributed by atoms with Gasteiger partial charge in [-0.05, 0) is 26.3 Å². The quantitative estimate of drug-likeness (QED) is 0.734. The van der Waals surface area contributed by atoms with E-state index in [2.05, 4.69) is 5.32 Å². The monoisotopic (exact) mass is 329 g/mol. The van der Waals surface area contributed by atoms with E-state index < -0.39 is 18.3 Å². The molecule has 0 aliphatic carbocycles. The van der Waals surface area contributed by atoms with E-state index in [0.717, 1.165) is 12.0 Å². The largest absolute Gasteiger partial charge is 0.443 e. The Kier molecular flexibility index (Phi) is 8.24. The average molecular weight is 330 g/mol. The van der Waals surface area contributed by atoms with Crippen molar-refractivity contribution in [1.82, 2.24) is 5.32 Å². The molecular formula is C16H24ClNO4. The Morgan fingerprint density at radius 1 is 1.32 bits per heavy atom. The molecule has 0 saturated carbocycles. The first kappa shape index (κ1) is 18.7. The van der Waals surface area contributed by atoms with Crippen LogP contribution in [-0.2, 0) is 14.2 Å². The minimum absolute atomic E-state index is 0.0540. The molecule has 1 aromatic carbocycles. The normalized spacial score (nSPS) is 15.0. The van der Waals surface area contributed by atoms with Gasteiger partial charge in [0.2, 0.25) is 0 Å². The molecule has 3 atom stereocenters. The van der Waals surface area contributed by atoms with Crippen LogP contribution < -0.4 is 5.32 Å². The highest BCUT2D eigenvalue weighted by Crippen LogP contribution is 2.29. The van der Waals surface area contributed by atoms with Crippen LogP contribution in [0.25, 0.3) is 0 Å². The highest BCUT2D eigenvalue weighted by Gasteiger charge is 2.26. The molecule has 0 aliphatic heterocycles. The number of rotatable bonds is 8. The number of benzene rings is 1. The molecule has 1 amide bonds. The van der Waals surface area contributed by atoms with Crippen LogP contribution in [0, 0.1) is 0 Å². The van der Waals surface area contributed by atoms with E-state index >= 15 is 0 Å². The van der Waals surface area contributed by atoms with E-state index in [1.54, 1.807) is 13.0 Å². The third-order valence-electron chi connectivity index (χ3n) is 3.27. The van der Waals surface area contributed by atoms with E-state index in [9.17, 15) is 4.79 Å². The fourth-order valence-corrected chi connectivity index (χ4v) is 2.14. The minimum atomic E-state index is -0.515. The molecule has 0 bridgehead atoms. The number of hydrogen-bond acceptors (Lipinski definition) is 4. The van der Waals surface area contributed by atoms with Crippen LogP contribution in [-0.4, -0.2) is 32.1 Å². The third-order valence-corrected chi connectivity index (χ3v) is 3.62. The summed E-state index contributed by atoms with van der Waals surface area (Å²) in [5.74, 6) is 0. The van der Waals surface area contributed by atoms with Gasteiger partial charge in [-0.15, -0.1) is 0 Å². The number of methoxy groups -OCH3 is 1. The van der Waals surface area contributed by atoms with Crippen molar-refractivity contribution in [3.8, 4) is 0 Å². The van der Waals surface area contributed by atoms with Gasteiger partial charge in [-0.1, -0.05) is 36.7 Å². The number of amides is 1. The second-order valence-corrected chi connectivity index (χ2v) is 5.49. The summed E-state index contributed by atoms with van der Waals surface area (Å²) < 4.78 is 16.0. The number of carbonyl (C=O) groups is 1. The zero-order valence-electron chi connectivity index (χ0n) is 13.5. The molecule has 6 heteroatoms. The summed E-state index contributed by atoms with van der Waals surface area (Å²) in [6, 6.07) is 7.36. The lowest BCUT2D eigenvalue weighted by Crippen LogP contribution is -2.36. The number of hydrogen-bond donors (Lipinski definition) is 1. The molecule has 0 saturated heterocycles. The number of halogens is 1. The topological polar surface area (TPSA) is 56.8 Å². The van der Waals surface area contributed by atoms with Gasteiger partial charge in [0.05, 0.1) is 0 Å². The van der Waals surface area contributed by atoms with Crippen molar-refractivity contribution in [2.45, 2.75) is 45.4 Å². The first-order chi connectivity index (χ1) is 10.5. The second kappa shape index (κ2) is 9.66. The molecule has 22 heavy (non-hydrogen) atoms. The van der Waals surface area contributed by atoms with Crippen LogP contribution in [0.15, 0.2) is 24.3 Å². The lowest BCUT2D eigenvalue weighted by Gasteiger charge is -2.26. The summed E-state index contributed by atoms with van der Waals surface area (Å²) in [5, 5.41) is 3.31. The maximum atomic E-state index is 11.9. The predicted molar refractivity (Wildman–Crippen MR) is 86.0 cm³/mol. The lowest BCUT2D eigenvalue weighted by molar-refractivity contribution is -0.112. The molecule has 5 nitrogen and oxygen atoms in total. The zero-order chi connectivity index (χ0) is 16.5. The number of nitrogens with one attached hydrogen (secondary N) is 1. The van der Waals surface area contributed by atoms with Gasteiger partial charge in [0, 0.05) is 23.7 Å². The first-order valence-electron chi connectivity index (χ1n) is 7.31. The van der Waals surface area contributed by atoms with Gasteiger partial charge in [-0.3, -0.25) is 0 Å². The summed E-state index contributed by atoms with van der Waals surface area (Å²) in [6.07, 6.45) is -0.659. The predicted octanol–water partition coefficient (Wildman–Crippen LogP) is 3.91.